The maximum Gasteiger partial charge on any atom is 0.151 e. The predicted octanol–water partition coefficient (Wildman–Crippen LogP) is 2.76. The highest BCUT2D eigenvalue weighted by Crippen LogP contribution is 2.19. The van der Waals surface area contributed by atoms with Gasteiger partial charge in [0.25, 0.3) is 0 Å². The van der Waals surface area contributed by atoms with E-state index in [0.717, 1.165) is 36.8 Å². The van der Waals surface area contributed by atoms with Gasteiger partial charge in [0.2, 0.25) is 0 Å². The highest BCUT2D eigenvalue weighted by atomic mass is 16.5. The summed E-state index contributed by atoms with van der Waals surface area (Å²) in [7, 11) is 1.70. The van der Waals surface area contributed by atoms with Gasteiger partial charge in [0.1, 0.15) is 5.75 Å². The number of benzene rings is 1. The molecule has 1 aromatic heterocycles. The van der Waals surface area contributed by atoms with E-state index in [1.165, 1.54) is 12.8 Å². The average molecular weight is 324 g/mol. The second kappa shape index (κ2) is 8.45. The minimum absolute atomic E-state index is 0.475. The van der Waals surface area contributed by atoms with Gasteiger partial charge in [0.15, 0.2) is 5.82 Å². The summed E-state index contributed by atoms with van der Waals surface area (Å²) < 4.78 is 5.36. The second-order valence-corrected chi connectivity index (χ2v) is 5.92. The lowest BCUT2D eigenvalue weighted by molar-refractivity contribution is 0.414. The zero-order chi connectivity index (χ0) is 16.6. The molecule has 1 atom stereocenters. The van der Waals surface area contributed by atoms with Crippen LogP contribution in [0.2, 0.25) is 0 Å². The average Bonchev–Trinajstić information content (AvgIpc) is 2.66. The van der Waals surface area contributed by atoms with Crippen molar-refractivity contribution in [2.45, 2.75) is 18.9 Å². The Labute approximate surface area is 143 Å². The van der Waals surface area contributed by atoms with Crippen molar-refractivity contribution in [3.63, 3.8) is 0 Å². The predicted molar refractivity (Wildman–Crippen MR) is 97.3 cm³/mol. The molecule has 0 amide bonds. The molecular formula is C19H24N4O. The van der Waals surface area contributed by atoms with Crippen LogP contribution in [0.25, 0.3) is 6.08 Å². The number of nitrogens with zero attached hydrogens (tertiary/aromatic N) is 3. The lowest BCUT2D eigenvalue weighted by Crippen LogP contribution is -2.46. The number of rotatable bonds is 6. The van der Waals surface area contributed by atoms with Crippen LogP contribution in [-0.2, 0) is 0 Å². The quantitative estimate of drug-likeness (QED) is 0.885. The van der Waals surface area contributed by atoms with Crippen LogP contribution in [-0.4, -0.2) is 43.0 Å². The number of hydrogen-bond donors (Lipinski definition) is 1. The third-order valence-electron chi connectivity index (χ3n) is 4.26. The third-order valence-corrected chi connectivity index (χ3v) is 4.26. The van der Waals surface area contributed by atoms with Crippen LogP contribution >= 0.6 is 0 Å². The Morgan fingerprint density at radius 2 is 2.21 bits per heavy atom. The van der Waals surface area contributed by atoms with Gasteiger partial charge in [-0.15, -0.1) is 5.10 Å². The number of piperidine rings is 1. The molecule has 0 radical (unpaired) electrons. The smallest absolute Gasteiger partial charge is 0.151 e. The van der Waals surface area contributed by atoms with Crippen LogP contribution in [0.15, 0.2) is 48.7 Å². The first kappa shape index (κ1) is 16.5. The van der Waals surface area contributed by atoms with Crippen molar-refractivity contribution >= 4 is 11.9 Å². The van der Waals surface area contributed by atoms with E-state index in [4.69, 9.17) is 4.74 Å². The minimum atomic E-state index is 0.475. The van der Waals surface area contributed by atoms with Gasteiger partial charge in [-0.25, -0.2) is 0 Å². The molecule has 2 heterocycles. The van der Waals surface area contributed by atoms with Crippen molar-refractivity contribution < 1.29 is 4.74 Å². The normalized spacial score (nSPS) is 18.0. The fourth-order valence-corrected chi connectivity index (χ4v) is 3.04. The van der Waals surface area contributed by atoms with E-state index < -0.39 is 0 Å². The molecule has 1 saturated heterocycles. The number of methoxy groups -OCH3 is 1. The van der Waals surface area contributed by atoms with E-state index in [2.05, 4.69) is 38.6 Å². The molecule has 0 bridgehead atoms. The summed E-state index contributed by atoms with van der Waals surface area (Å²) >= 11 is 0. The molecule has 3 rings (SSSR count). The van der Waals surface area contributed by atoms with Gasteiger partial charge in [-0.2, -0.15) is 5.10 Å². The number of hydrogen-bond acceptors (Lipinski definition) is 5. The maximum absolute atomic E-state index is 5.36. The van der Waals surface area contributed by atoms with E-state index in [1.54, 1.807) is 13.3 Å². The number of aromatic nitrogens is 2. The van der Waals surface area contributed by atoms with Crippen molar-refractivity contribution in [3.05, 3.63) is 54.2 Å². The largest absolute Gasteiger partial charge is 0.496 e. The first-order valence-corrected chi connectivity index (χ1v) is 8.42. The molecule has 1 aliphatic heterocycles. The summed E-state index contributed by atoms with van der Waals surface area (Å²) in [6.07, 6.45) is 8.34. The van der Waals surface area contributed by atoms with Gasteiger partial charge in [-0.1, -0.05) is 30.4 Å². The first-order chi connectivity index (χ1) is 11.9. The molecule has 1 aliphatic rings. The highest BCUT2D eigenvalue weighted by Gasteiger charge is 2.20. The Morgan fingerprint density at radius 3 is 3.04 bits per heavy atom. The Bertz CT molecular complexity index is 659. The molecule has 1 fully saturated rings. The molecule has 24 heavy (non-hydrogen) atoms. The Hall–Kier alpha value is -2.40. The van der Waals surface area contributed by atoms with E-state index in [1.807, 2.05) is 30.3 Å². The third kappa shape index (κ3) is 4.32. The monoisotopic (exact) mass is 324 g/mol. The van der Waals surface area contributed by atoms with E-state index in [9.17, 15) is 0 Å². The fraction of sp³-hybridized carbons (Fsp3) is 0.368. The zero-order valence-electron chi connectivity index (χ0n) is 14.1. The minimum Gasteiger partial charge on any atom is -0.496 e. The Kier molecular flexibility index (Phi) is 5.80. The zero-order valence-corrected chi connectivity index (χ0v) is 14.1. The van der Waals surface area contributed by atoms with Crippen LogP contribution in [0, 0.1) is 0 Å². The van der Waals surface area contributed by atoms with Gasteiger partial charge in [-0.05, 0) is 31.0 Å². The van der Waals surface area contributed by atoms with Crippen molar-refractivity contribution in [2.75, 3.05) is 31.6 Å². The van der Waals surface area contributed by atoms with Crippen molar-refractivity contribution in [1.29, 1.82) is 0 Å². The second-order valence-electron chi connectivity index (χ2n) is 5.92. The number of ether oxygens (including phenoxy) is 1. The van der Waals surface area contributed by atoms with Crippen LogP contribution in [0.3, 0.4) is 0 Å². The molecule has 1 aromatic carbocycles. The molecule has 0 aliphatic carbocycles. The molecule has 5 nitrogen and oxygen atoms in total. The van der Waals surface area contributed by atoms with Crippen molar-refractivity contribution in [3.8, 4) is 5.75 Å². The van der Waals surface area contributed by atoms with Crippen LogP contribution in [0.5, 0.6) is 5.75 Å². The van der Waals surface area contributed by atoms with Gasteiger partial charge < -0.3 is 15.0 Å². The SMILES string of the molecule is COc1ccccc1/C=C\CN[C@H]1CCCN(c2cccnn2)C1. The number of para-hydroxylation sites is 1. The van der Waals surface area contributed by atoms with Crippen LogP contribution in [0.4, 0.5) is 5.82 Å². The fourth-order valence-electron chi connectivity index (χ4n) is 3.04. The number of anilines is 1. The molecule has 0 saturated carbocycles. The van der Waals surface area contributed by atoms with Crippen LogP contribution < -0.4 is 15.0 Å². The first-order valence-electron chi connectivity index (χ1n) is 8.42. The van der Waals surface area contributed by atoms with Gasteiger partial charge in [0, 0.05) is 37.4 Å². The summed E-state index contributed by atoms with van der Waals surface area (Å²) in [5, 5.41) is 11.8. The van der Waals surface area contributed by atoms with Gasteiger partial charge >= 0.3 is 0 Å². The lowest BCUT2D eigenvalue weighted by Gasteiger charge is -2.33. The maximum atomic E-state index is 5.36. The summed E-state index contributed by atoms with van der Waals surface area (Å²) in [5.41, 5.74) is 1.10. The van der Waals surface area contributed by atoms with Crippen molar-refractivity contribution in [1.82, 2.24) is 15.5 Å². The summed E-state index contributed by atoms with van der Waals surface area (Å²) in [6, 6.07) is 12.5. The van der Waals surface area contributed by atoms with E-state index in [-0.39, 0.29) is 0 Å². The van der Waals surface area contributed by atoms with Crippen LogP contribution in [0.1, 0.15) is 18.4 Å². The molecule has 0 spiro atoms. The van der Waals surface area contributed by atoms with Gasteiger partial charge in [0.05, 0.1) is 7.11 Å². The van der Waals surface area contributed by atoms with Gasteiger partial charge in [-0.3, -0.25) is 0 Å². The molecule has 0 unspecified atom stereocenters. The molecule has 1 N–H and O–H groups in total. The molecule has 126 valence electrons. The molecule has 2 aromatic rings. The Balaban J connectivity index is 1.50. The summed E-state index contributed by atoms with van der Waals surface area (Å²) in [6.45, 7) is 2.87. The molecular weight excluding hydrogens is 300 g/mol. The van der Waals surface area contributed by atoms with Crippen molar-refractivity contribution in [2.24, 2.45) is 0 Å². The lowest BCUT2D eigenvalue weighted by atomic mass is 10.1. The van der Waals surface area contributed by atoms with E-state index in [0.29, 0.717) is 6.04 Å². The molecule has 5 heteroatoms. The highest BCUT2D eigenvalue weighted by molar-refractivity contribution is 5.57. The number of nitrogens with one attached hydrogen (secondary N) is 1. The summed E-state index contributed by atoms with van der Waals surface area (Å²) in [5.74, 6) is 1.87. The standard InChI is InChI=1S/C19H24N4O/c1-24-18-10-3-2-7-16(18)8-4-12-20-17-9-6-14-23(15-17)19-11-5-13-21-22-19/h2-5,7-8,10-11,13,17,20H,6,9,12,14-15H2,1H3/b8-4-/t17-/m0/s1. The topological polar surface area (TPSA) is 50.3 Å². The van der Waals surface area contributed by atoms with E-state index >= 15 is 0 Å². The summed E-state index contributed by atoms with van der Waals surface area (Å²) in [4.78, 5) is 2.30. The Morgan fingerprint density at radius 1 is 1.29 bits per heavy atom.